The van der Waals surface area contributed by atoms with Gasteiger partial charge in [0.05, 0.1) is 30.4 Å². The molecule has 4 saturated heterocycles. The van der Waals surface area contributed by atoms with Gasteiger partial charge >= 0.3 is 12.1 Å². The van der Waals surface area contributed by atoms with Crippen molar-refractivity contribution in [2.75, 3.05) is 47.9 Å². The minimum Gasteiger partial charge on any atom is -0.458 e. The molecule has 13 atom stereocenters. The molecule has 4 aliphatic heterocycles. The third kappa shape index (κ3) is 7.62. The lowest BCUT2D eigenvalue weighted by atomic mass is 9.73. The highest BCUT2D eigenvalue weighted by Gasteiger charge is 2.62. The summed E-state index contributed by atoms with van der Waals surface area (Å²) in [5, 5.41) is 22.6. The van der Waals surface area contributed by atoms with Crippen molar-refractivity contribution in [3.05, 3.63) is 0 Å². The average Bonchev–Trinajstić information content (AvgIpc) is 3.28. The average molecular weight is 712 g/mol. The van der Waals surface area contributed by atoms with Crippen LogP contribution in [0, 0.1) is 23.7 Å². The number of Topliss-reactive ketones (excluding diaryl/α,β-unsaturated/α-hetero) is 2. The second kappa shape index (κ2) is 15.0. The molecule has 4 rings (SSSR count). The smallest absolute Gasteiger partial charge is 0.411 e. The summed E-state index contributed by atoms with van der Waals surface area (Å²) in [4.78, 5) is 61.4. The van der Waals surface area contributed by atoms with Gasteiger partial charge in [-0.15, -0.1) is 0 Å². The van der Waals surface area contributed by atoms with E-state index >= 15 is 0 Å². The molecule has 14 nitrogen and oxygen atoms in total. The van der Waals surface area contributed by atoms with Gasteiger partial charge in [0.15, 0.2) is 17.7 Å². The van der Waals surface area contributed by atoms with Crippen LogP contribution in [0.5, 0.6) is 0 Å². The van der Waals surface area contributed by atoms with Crippen LogP contribution in [0.25, 0.3) is 0 Å². The topological polar surface area (TPSA) is 165 Å². The fourth-order valence-electron chi connectivity index (χ4n) is 9.02. The molecule has 4 aliphatic rings. The number of hydrogen-bond acceptors (Lipinski definition) is 13. The third-order valence-corrected chi connectivity index (χ3v) is 11.8. The van der Waals surface area contributed by atoms with Crippen LogP contribution in [0.4, 0.5) is 4.79 Å². The number of carbonyl (C=O) groups is 4. The molecule has 0 saturated carbocycles. The molecule has 0 aliphatic carbocycles. The maximum absolute atomic E-state index is 14.5. The lowest BCUT2D eigenvalue weighted by Gasteiger charge is -2.48. The number of aliphatic hydroxyl groups is 2. The number of ether oxygens (including phenoxy) is 5. The summed E-state index contributed by atoms with van der Waals surface area (Å²) in [6, 6.07) is -1.18. The number of ketones is 2. The zero-order valence-corrected chi connectivity index (χ0v) is 32.0. The predicted molar refractivity (Wildman–Crippen MR) is 182 cm³/mol. The van der Waals surface area contributed by atoms with E-state index in [-0.39, 0.29) is 37.3 Å². The number of methoxy groups -OCH3 is 1. The second-order valence-electron chi connectivity index (χ2n) is 16.2. The van der Waals surface area contributed by atoms with Crippen molar-refractivity contribution >= 4 is 23.6 Å². The molecule has 14 heteroatoms. The van der Waals surface area contributed by atoms with E-state index in [9.17, 15) is 29.4 Å². The maximum Gasteiger partial charge on any atom is 0.411 e. The largest absolute Gasteiger partial charge is 0.458 e. The third-order valence-electron chi connectivity index (χ3n) is 11.8. The Labute approximate surface area is 297 Å². The molecular weight excluding hydrogens is 650 g/mol. The van der Waals surface area contributed by atoms with Gasteiger partial charge in [-0.2, -0.15) is 0 Å². The van der Waals surface area contributed by atoms with E-state index in [2.05, 4.69) is 0 Å². The first-order valence-electron chi connectivity index (χ1n) is 18.0. The Balaban J connectivity index is 1.78. The molecule has 0 aromatic rings. The Hall–Kier alpha value is -2.20. The van der Waals surface area contributed by atoms with Gasteiger partial charge in [-0.05, 0) is 68.1 Å². The highest BCUT2D eigenvalue weighted by Crippen LogP contribution is 2.44. The number of fused-ring (bicyclic) bond motifs is 1. The first kappa shape index (κ1) is 40.6. The number of cyclic esters (lactones) is 1. The number of hydrogen-bond donors (Lipinski definition) is 2. The highest BCUT2D eigenvalue weighted by atomic mass is 16.7. The lowest BCUT2D eigenvalue weighted by Crippen LogP contribution is -2.67. The van der Waals surface area contributed by atoms with Crippen LogP contribution in [0.2, 0.25) is 0 Å². The summed E-state index contributed by atoms with van der Waals surface area (Å²) in [5.41, 5.74) is -3.95. The van der Waals surface area contributed by atoms with Crippen molar-refractivity contribution in [1.82, 2.24) is 14.7 Å². The summed E-state index contributed by atoms with van der Waals surface area (Å²) >= 11 is 0. The van der Waals surface area contributed by atoms with Crippen LogP contribution in [0.15, 0.2) is 0 Å². The molecule has 0 spiro atoms. The van der Waals surface area contributed by atoms with Crippen molar-refractivity contribution in [2.45, 2.75) is 134 Å². The Morgan fingerprint density at radius 3 is 2.16 bits per heavy atom. The maximum atomic E-state index is 14.5. The van der Waals surface area contributed by atoms with Gasteiger partial charge in [-0.25, -0.2) is 4.79 Å². The van der Waals surface area contributed by atoms with Crippen LogP contribution in [0.3, 0.4) is 0 Å². The molecule has 1 amide bonds. The number of aliphatic hydroxyl groups excluding tert-OH is 1. The van der Waals surface area contributed by atoms with E-state index in [0.29, 0.717) is 19.5 Å². The Morgan fingerprint density at radius 2 is 1.62 bits per heavy atom. The second-order valence-corrected chi connectivity index (χ2v) is 16.2. The minimum absolute atomic E-state index is 0.0685. The Kier molecular flexibility index (Phi) is 12.2. The number of β-amino-alcohol motifs (C(OH)–C–C–N with tert-alkyl or cyclic N) is 1. The molecule has 4 fully saturated rings. The van der Waals surface area contributed by atoms with Gasteiger partial charge in [0.25, 0.3) is 0 Å². The van der Waals surface area contributed by atoms with Crippen molar-refractivity contribution in [2.24, 2.45) is 23.7 Å². The molecule has 50 heavy (non-hydrogen) atoms. The molecule has 286 valence electrons. The standard InChI is InChI=1S/C36H61N3O11/c1-13-25-35(8)29(39(33(44)50-35)18-36(45)16-38(11)17-36)21(4)26(40)19(2)15-34(7,46-12)30(22(5)27(41)23(6)31(43)48-25)49-32-28(42)24(37(9)10)14-20(3)47-32/h19-25,28-30,32,42,45H,13-18H2,1-12H3/t19-,20-,21+,22+,23-,24+,25-,28-,29-,30-,32+,34-,35-/m1/s1. The molecule has 0 unspecified atom stereocenters. The summed E-state index contributed by atoms with van der Waals surface area (Å²) in [6.45, 7) is 14.3. The fraction of sp³-hybridized carbons (Fsp3) is 0.889. The minimum atomic E-state index is -1.47. The molecule has 0 radical (unpaired) electrons. The SMILES string of the molecule is CC[C@H]1OC(=O)[C@H](C)C(=O)[C@H](C)[C@@H](O[C@@H]2O[C@H](C)C[C@H](N(C)C)[C@H]2O)[C@](C)(OC)C[C@@H](C)C(=O)[C@H](C)[C@H]2N(CC3(O)CN(C)C3)C(=O)O[C@]12C. The lowest BCUT2D eigenvalue weighted by molar-refractivity contribution is -0.295. The van der Waals surface area contributed by atoms with Crippen molar-refractivity contribution in [1.29, 1.82) is 0 Å². The first-order chi connectivity index (χ1) is 23.1. The Morgan fingerprint density at radius 1 is 1.00 bits per heavy atom. The number of esters is 1. The van der Waals surface area contributed by atoms with Gasteiger partial charge in [0.2, 0.25) is 0 Å². The normalized spacial score (nSPS) is 43.6. The number of likely N-dealkylation sites (tertiary alicyclic amines) is 1. The number of likely N-dealkylation sites (N-methyl/N-ethyl adjacent to an activating group) is 2. The summed E-state index contributed by atoms with van der Waals surface area (Å²) in [7, 11) is 7.06. The monoisotopic (exact) mass is 711 g/mol. The van der Waals surface area contributed by atoms with Crippen molar-refractivity contribution < 1.29 is 53.1 Å². The van der Waals surface area contributed by atoms with Gasteiger partial charge in [0.1, 0.15) is 29.5 Å². The molecule has 4 heterocycles. The molecule has 0 aromatic heterocycles. The Bertz CT molecular complexity index is 1280. The fourth-order valence-corrected chi connectivity index (χ4v) is 9.02. The number of amides is 1. The molecule has 2 N–H and O–H groups in total. The van der Waals surface area contributed by atoms with Crippen LogP contribution < -0.4 is 0 Å². The van der Waals surface area contributed by atoms with Gasteiger partial charge in [-0.1, -0.05) is 27.7 Å². The number of nitrogens with zero attached hydrogens (tertiary/aromatic N) is 3. The zero-order valence-electron chi connectivity index (χ0n) is 32.0. The van der Waals surface area contributed by atoms with E-state index in [1.165, 1.54) is 18.9 Å². The van der Waals surface area contributed by atoms with E-state index in [1.807, 2.05) is 37.9 Å². The number of rotatable bonds is 7. The molecule has 0 bridgehead atoms. The van der Waals surface area contributed by atoms with Gasteiger partial charge in [-0.3, -0.25) is 19.3 Å². The summed E-state index contributed by atoms with van der Waals surface area (Å²) < 4.78 is 30.8. The summed E-state index contributed by atoms with van der Waals surface area (Å²) in [5.74, 6) is -5.17. The zero-order chi connectivity index (χ0) is 37.7. The van der Waals surface area contributed by atoms with Crippen LogP contribution in [-0.4, -0.2) is 156 Å². The van der Waals surface area contributed by atoms with Crippen molar-refractivity contribution in [3.8, 4) is 0 Å². The molecule has 0 aromatic carbocycles. The van der Waals surface area contributed by atoms with E-state index in [4.69, 9.17) is 23.7 Å². The summed E-state index contributed by atoms with van der Waals surface area (Å²) in [6.07, 6.45) is -4.31. The predicted octanol–water partition coefficient (Wildman–Crippen LogP) is 1.87. The van der Waals surface area contributed by atoms with Gasteiger partial charge in [0, 0.05) is 44.0 Å². The quantitative estimate of drug-likeness (QED) is 0.291. The first-order valence-corrected chi connectivity index (χ1v) is 18.0. The number of carbonyl (C=O) groups excluding carboxylic acids is 4. The van der Waals surface area contributed by atoms with E-state index < -0.39 is 89.0 Å². The van der Waals surface area contributed by atoms with E-state index in [1.54, 1.807) is 41.5 Å². The van der Waals surface area contributed by atoms with Gasteiger partial charge < -0.3 is 43.7 Å². The van der Waals surface area contributed by atoms with E-state index in [0.717, 1.165) is 0 Å². The van der Waals surface area contributed by atoms with Crippen LogP contribution in [-0.2, 0) is 38.1 Å². The highest BCUT2D eigenvalue weighted by molar-refractivity contribution is 6.00. The molecular formula is C36H61N3O11. The van der Waals surface area contributed by atoms with Crippen LogP contribution >= 0.6 is 0 Å². The van der Waals surface area contributed by atoms with Crippen LogP contribution in [0.1, 0.15) is 74.7 Å². The van der Waals surface area contributed by atoms with Crippen molar-refractivity contribution in [3.63, 3.8) is 0 Å².